The van der Waals surface area contributed by atoms with Crippen LogP contribution in [0.2, 0.25) is 10.0 Å². The maximum Gasteiger partial charge on any atom is 0.234 e. The van der Waals surface area contributed by atoms with Crippen molar-refractivity contribution in [3.8, 4) is 0 Å². The molecule has 1 N–H and O–H groups in total. The molecule has 5 nitrogen and oxygen atoms in total. The van der Waals surface area contributed by atoms with Gasteiger partial charge in [-0.2, -0.15) is 0 Å². The highest BCUT2D eigenvalue weighted by molar-refractivity contribution is 9.10. The summed E-state index contributed by atoms with van der Waals surface area (Å²) in [6.07, 6.45) is 1.80. The number of nitrogens with zero attached hydrogens (tertiary/aromatic N) is 3. The first kappa shape index (κ1) is 26.2. The second-order valence-electron chi connectivity index (χ2n) is 7.28. The van der Waals surface area contributed by atoms with Gasteiger partial charge in [0.15, 0.2) is 5.16 Å². The van der Waals surface area contributed by atoms with Gasteiger partial charge in [-0.1, -0.05) is 63.0 Å². The van der Waals surface area contributed by atoms with Gasteiger partial charge in [0.25, 0.3) is 0 Å². The lowest BCUT2D eigenvalue weighted by molar-refractivity contribution is -0.113. The van der Waals surface area contributed by atoms with Crippen LogP contribution < -0.4 is 5.32 Å². The number of benzene rings is 2. The Bertz CT molecular complexity index is 1150. The molecule has 3 rings (SSSR count). The second kappa shape index (κ2) is 12.3. The third-order valence-corrected chi connectivity index (χ3v) is 7.69. The highest BCUT2D eigenvalue weighted by atomic mass is 79.9. The molecule has 0 aliphatic heterocycles. The predicted molar refractivity (Wildman–Crippen MR) is 145 cm³/mol. The summed E-state index contributed by atoms with van der Waals surface area (Å²) in [4.78, 5) is 12.6. The summed E-state index contributed by atoms with van der Waals surface area (Å²) in [6, 6.07) is 9.48. The zero-order valence-corrected chi connectivity index (χ0v) is 22.9. The van der Waals surface area contributed by atoms with E-state index in [4.69, 9.17) is 23.2 Å². The molecule has 0 saturated carbocycles. The van der Waals surface area contributed by atoms with Crippen molar-refractivity contribution in [3.05, 3.63) is 80.0 Å². The Morgan fingerprint density at radius 3 is 2.58 bits per heavy atom. The molecule has 174 valence electrons. The molecule has 0 atom stereocenters. The van der Waals surface area contributed by atoms with E-state index in [1.54, 1.807) is 23.9 Å². The van der Waals surface area contributed by atoms with Crippen molar-refractivity contribution in [3.63, 3.8) is 0 Å². The molecule has 0 fully saturated rings. The summed E-state index contributed by atoms with van der Waals surface area (Å²) >= 11 is 18.8. The first-order valence-electron chi connectivity index (χ1n) is 10.0. The highest BCUT2D eigenvalue weighted by Gasteiger charge is 2.15. The van der Waals surface area contributed by atoms with Crippen LogP contribution in [0.3, 0.4) is 0 Å². The molecule has 0 aliphatic carbocycles. The van der Waals surface area contributed by atoms with E-state index in [9.17, 15) is 4.79 Å². The molecule has 0 aliphatic rings. The fourth-order valence-corrected chi connectivity index (χ4v) is 6.13. The number of amides is 1. The van der Waals surface area contributed by atoms with Crippen LogP contribution in [0.5, 0.6) is 0 Å². The van der Waals surface area contributed by atoms with Crippen LogP contribution in [0.4, 0.5) is 5.69 Å². The van der Waals surface area contributed by atoms with Crippen LogP contribution in [-0.2, 0) is 22.8 Å². The Morgan fingerprint density at radius 1 is 1.18 bits per heavy atom. The molecule has 1 amide bonds. The maximum atomic E-state index is 12.6. The Kier molecular flexibility index (Phi) is 9.76. The molecule has 0 radical (unpaired) electrons. The SMILES string of the molecule is C=CCn1c(CSCc2ccc(Cl)cc2Cl)nnc1SCC(=O)Nc1c(C)cc(Br)cc1C. The van der Waals surface area contributed by atoms with E-state index >= 15 is 0 Å². The third kappa shape index (κ3) is 7.26. The lowest BCUT2D eigenvalue weighted by Gasteiger charge is -2.12. The van der Waals surface area contributed by atoms with E-state index < -0.39 is 0 Å². The standard InChI is InChI=1S/C23H23BrCl2N4OS2/c1-4-7-30-20(12-32-11-16-5-6-18(25)10-19(16)26)28-29-23(30)33-13-21(31)27-22-14(2)8-17(24)9-15(22)3/h4-6,8-10H,1,7,11-13H2,2-3H3,(H,27,31). The van der Waals surface area contributed by atoms with Gasteiger partial charge < -0.3 is 9.88 Å². The number of aromatic nitrogens is 3. The summed E-state index contributed by atoms with van der Waals surface area (Å²) < 4.78 is 2.98. The van der Waals surface area contributed by atoms with E-state index in [1.807, 2.05) is 42.7 Å². The summed E-state index contributed by atoms with van der Waals surface area (Å²) in [5, 5.41) is 13.6. The fraction of sp³-hybridized carbons (Fsp3) is 0.261. The van der Waals surface area contributed by atoms with E-state index in [2.05, 4.69) is 38.0 Å². The van der Waals surface area contributed by atoms with E-state index in [0.717, 1.165) is 38.4 Å². The largest absolute Gasteiger partial charge is 0.325 e. The number of nitrogens with one attached hydrogen (secondary N) is 1. The Labute approximate surface area is 220 Å². The van der Waals surface area contributed by atoms with Gasteiger partial charge in [0.05, 0.1) is 11.5 Å². The lowest BCUT2D eigenvalue weighted by atomic mass is 10.1. The van der Waals surface area contributed by atoms with Crippen molar-refractivity contribution < 1.29 is 4.79 Å². The molecular formula is C23H23BrCl2N4OS2. The van der Waals surface area contributed by atoms with Crippen LogP contribution in [0.15, 0.2) is 52.6 Å². The molecule has 2 aromatic carbocycles. The number of hydrogen-bond donors (Lipinski definition) is 1. The van der Waals surface area contributed by atoms with Gasteiger partial charge in [0, 0.05) is 32.5 Å². The molecule has 3 aromatic rings. The zero-order chi connectivity index (χ0) is 24.0. The van der Waals surface area contributed by atoms with Crippen LogP contribution in [0.1, 0.15) is 22.5 Å². The number of anilines is 1. The molecule has 0 unspecified atom stereocenters. The Morgan fingerprint density at radius 2 is 1.91 bits per heavy atom. The summed E-state index contributed by atoms with van der Waals surface area (Å²) in [5.41, 5.74) is 3.88. The van der Waals surface area contributed by atoms with Crippen molar-refractivity contribution in [1.82, 2.24) is 14.8 Å². The first-order valence-corrected chi connectivity index (χ1v) is 13.7. The molecule has 0 bridgehead atoms. The van der Waals surface area contributed by atoms with Gasteiger partial charge in [-0.05, 0) is 54.8 Å². The molecule has 33 heavy (non-hydrogen) atoms. The summed E-state index contributed by atoms with van der Waals surface area (Å²) in [7, 11) is 0. The quantitative estimate of drug-likeness (QED) is 0.199. The van der Waals surface area contributed by atoms with Gasteiger partial charge in [-0.25, -0.2) is 0 Å². The number of carbonyl (C=O) groups excluding carboxylic acids is 1. The normalized spacial score (nSPS) is 10.9. The van der Waals surface area contributed by atoms with Crippen molar-refractivity contribution in [2.75, 3.05) is 11.1 Å². The minimum absolute atomic E-state index is 0.0880. The molecule has 10 heteroatoms. The number of rotatable bonds is 10. The fourth-order valence-electron chi connectivity index (χ4n) is 3.15. The van der Waals surface area contributed by atoms with Crippen molar-refractivity contribution in [2.45, 2.75) is 37.1 Å². The smallest absolute Gasteiger partial charge is 0.234 e. The number of hydrogen-bond acceptors (Lipinski definition) is 5. The number of halogens is 3. The predicted octanol–water partition coefficient (Wildman–Crippen LogP) is 7.31. The van der Waals surface area contributed by atoms with Crippen LogP contribution in [0.25, 0.3) is 0 Å². The number of carbonyl (C=O) groups is 1. The molecule has 0 saturated heterocycles. The molecule has 0 spiro atoms. The zero-order valence-electron chi connectivity index (χ0n) is 18.2. The second-order valence-corrected chi connectivity index (χ2v) is 11.0. The molecular weight excluding hydrogens is 563 g/mol. The maximum absolute atomic E-state index is 12.6. The van der Waals surface area contributed by atoms with Crippen LogP contribution in [-0.4, -0.2) is 26.4 Å². The van der Waals surface area contributed by atoms with Gasteiger partial charge in [-0.3, -0.25) is 4.79 Å². The summed E-state index contributed by atoms with van der Waals surface area (Å²) in [5.74, 6) is 2.36. The third-order valence-electron chi connectivity index (χ3n) is 4.70. The van der Waals surface area contributed by atoms with Gasteiger partial charge in [-0.15, -0.1) is 28.5 Å². The average Bonchev–Trinajstić information content (AvgIpc) is 3.12. The number of thioether (sulfide) groups is 2. The average molecular weight is 586 g/mol. The van der Waals surface area contributed by atoms with E-state index in [0.29, 0.717) is 27.5 Å². The summed E-state index contributed by atoms with van der Waals surface area (Å²) in [6.45, 7) is 8.36. The van der Waals surface area contributed by atoms with Gasteiger partial charge >= 0.3 is 0 Å². The number of allylic oxidation sites excluding steroid dienone is 1. The van der Waals surface area contributed by atoms with Gasteiger partial charge in [0.2, 0.25) is 5.91 Å². The highest BCUT2D eigenvalue weighted by Crippen LogP contribution is 2.28. The van der Waals surface area contributed by atoms with Crippen molar-refractivity contribution in [2.24, 2.45) is 0 Å². The minimum atomic E-state index is -0.0880. The Balaban J connectivity index is 1.60. The number of aryl methyl sites for hydroxylation is 2. The van der Waals surface area contributed by atoms with Crippen molar-refractivity contribution >= 4 is 74.3 Å². The lowest BCUT2D eigenvalue weighted by Crippen LogP contribution is -2.16. The monoisotopic (exact) mass is 584 g/mol. The molecule has 1 aromatic heterocycles. The van der Waals surface area contributed by atoms with Crippen LogP contribution >= 0.6 is 62.7 Å². The topological polar surface area (TPSA) is 59.8 Å². The van der Waals surface area contributed by atoms with Gasteiger partial charge in [0.1, 0.15) is 5.82 Å². The van der Waals surface area contributed by atoms with Crippen LogP contribution in [0, 0.1) is 13.8 Å². The van der Waals surface area contributed by atoms with E-state index in [1.165, 1.54) is 11.8 Å². The minimum Gasteiger partial charge on any atom is -0.325 e. The van der Waals surface area contributed by atoms with Crippen molar-refractivity contribution in [1.29, 1.82) is 0 Å². The Hall–Kier alpha value is -1.45. The molecule has 1 heterocycles. The first-order chi connectivity index (χ1) is 15.8. The van der Waals surface area contributed by atoms with E-state index in [-0.39, 0.29) is 11.7 Å².